The minimum absolute atomic E-state index is 0.621. The maximum atomic E-state index is 4.45. The number of benzene rings is 1. The van der Waals surface area contributed by atoms with Crippen LogP contribution in [0, 0.1) is 0 Å². The third kappa shape index (κ3) is 2.78. The molecular formula is C15H19N3S. The lowest BCUT2D eigenvalue weighted by Crippen LogP contribution is -2.07. The van der Waals surface area contributed by atoms with Gasteiger partial charge >= 0.3 is 0 Å². The van der Waals surface area contributed by atoms with E-state index >= 15 is 0 Å². The van der Waals surface area contributed by atoms with Crippen molar-refractivity contribution in [2.75, 3.05) is 11.6 Å². The quantitative estimate of drug-likeness (QED) is 0.834. The van der Waals surface area contributed by atoms with Crippen molar-refractivity contribution in [1.29, 1.82) is 0 Å². The molecule has 0 unspecified atom stereocenters. The normalized spacial score (nSPS) is 15.8. The Bertz CT molecular complexity index is 527. The molecule has 1 aliphatic rings. The third-order valence-electron chi connectivity index (χ3n) is 3.73. The summed E-state index contributed by atoms with van der Waals surface area (Å²) in [7, 11) is 0. The predicted molar refractivity (Wildman–Crippen MR) is 81.2 cm³/mol. The molecule has 100 valence electrons. The standard InChI is InChI=1S/C15H19N3S/c1-19-14-8-6-12(7-9-14)17-15-16-10-11-18(15)13-4-2-3-5-13/h6-11,13H,2-5H2,1H3,(H,16,17). The van der Waals surface area contributed by atoms with Crippen LogP contribution in [0.1, 0.15) is 31.7 Å². The minimum atomic E-state index is 0.621. The molecule has 19 heavy (non-hydrogen) atoms. The van der Waals surface area contributed by atoms with Crippen LogP contribution in [0.25, 0.3) is 0 Å². The second kappa shape index (κ2) is 5.70. The van der Waals surface area contributed by atoms with Gasteiger partial charge in [-0.05, 0) is 43.4 Å². The van der Waals surface area contributed by atoms with Crippen molar-refractivity contribution >= 4 is 23.4 Å². The maximum absolute atomic E-state index is 4.45. The van der Waals surface area contributed by atoms with Crippen LogP contribution in [0.15, 0.2) is 41.6 Å². The average Bonchev–Trinajstić information content (AvgIpc) is 3.10. The number of hydrogen-bond acceptors (Lipinski definition) is 3. The van der Waals surface area contributed by atoms with Crippen LogP contribution < -0.4 is 5.32 Å². The van der Waals surface area contributed by atoms with Gasteiger partial charge in [-0.25, -0.2) is 4.98 Å². The van der Waals surface area contributed by atoms with E-state index < -0.39 is 0 Å². The molecule has 1 heterocycles. The fourth-order valence-electron chi connectivity index (χ4n) is 2.69. The van der Waals surface area contributed by atoms with Gasteiger partial charge in [0.25, 0.3) is 0 Å². The molecule has 0 radical (unpaired) electrons. The molecule has 1 aliphatic carbocycles. The average molecular weight is 273 g/mol. The number of rotatable bonds is 4. The minimum Gasteiger partial charge on any atom is -0.326 e. The van der Waals surface area contributed by atoms with E-state index in [1.165, 1.54) is 30.6 Å². The van der Waals surface area contributed by atoms with Gasteiger partial charge in [-0.15, -0.1) is 11.8 Å². The first-order chi connectivity index (χ1) is 9.36. The van der Waals surface area contributed by atoms with E-state index in [4.69, 9.17) is 0 Å². The van der Waals surface area contributed by atoms with Crippen molar-refractivity contribution < 1.29 is 0 Å². The van der Waals surface area contributed by atoms with Crippen LogP contribution in [0.4, 0.5) is 11.6 Å². The van der Waals surface area contributed by atoms with Gasteiger partial charge in [0.2, 0.25) is 5.95 Å². The Morgan fingerprint density at radius 3 is 2.63 bits per heavy atom. The summed E-state index contributed by atoms with van der Waals surface area (Å²) in [5.41, 5.74) is 1.10. The molecule has 0 amide bonds. The van der Waals surface area contributed by atoms with Crippen LogP contribution in [0.5, 0.6) is 0 Å². The van der Waals surface area contributed by atoms with Crippen LogP contribution in [-0.2, 0) is 0 Å². The molecule has 0 aliphatic heterocycles. The molecule has 1 fully saturated rings. The second-order valence-corrected chi connectivity index (χ2v) is 5.83. The van der Waals surface area contributed by atoms with Gasteiger partial charge in [0.05, 0.1) is 0 Å². The van der Waals surface area contributed by atoms with Crippen LogP contribution >= 0.6 is 11.8 Å². The highest BCUT2D eigenvalue weighted by molar-refractivity contribution is 7.98. The molecule has 0 saturated heterocycles. The maximum Gasteiger partial charge on any atom is 0.207 e. The second-order valence-electron chi connectivity index (χ2n) is 4.95. The monoisotopic (exact) mass is 273 g/mol. The number of thioether (sulfide) groups is 1. The van der Waals surface area contributed by atoms with E-state index in [1.807, 2.05) is 6.20 Å². The van der Waals surface area contributed by atoms with Crippen LogP contribution in [0.2, 0.25) is 0 Å². The van der Waals surface area contributed by atoms with E-state index in [0.717, 1.165) is 11.6 Å². The summed E-state index contributed by atoms with van der Waals surface area (Å²) in [6, 6.07) is 9.11. The van der Waals surface area contributed by atoms with Gasteiger partial charge in [0, 0.05) is 29.0 Å². The van der Waals surface area contributed by atoms with Gasteiger partial charge in [0.1, 0.15) is 0 Å². The Morgan fingerprint density at radius 1 is 1.21 bits per heavy atom. The Morgan fingerprint density at radius 2 is 1.95 bits per heavy atom. The number of anilines is 2. The predicted octanol–water partition coefficient (Wildman–Crippen LogP) is 4.46. The molecule has 3 nitrogen and oxygen atoms in total. The summed E-state index contributed by atoms with van der Waals surface area (Å²) in [5.74, 6) is 0.962. The molecule has 4 heteroatoms. The Hall–Kier alpha value is -1.42. The molecule has 0 atom stereocenters. The van der Waals surface area contributed by atoms with Gasteiger partial charge < -0.3 is 9.88 Å². The van der Waals surface area contributed by atoms with Crippen molar-refractivity contribution in [3.63, 3.8) is 0 Å². The van der Waals surface area contributed by atoms with Gasteiger partial charge in [-0.3, -0.25) is 0 Å². The number of imidazole rings is 1. The van der Waals surface area contributed by atoms with Gasteiger partial charge in [-0.1, -0.05) is 12.8 Å². The third-order valence-corrected chi connectivity index (χ3v) is 4.48. The molecule has 0 spiro atoms. The largest absolute Gasteiger partial charge is 0.326 e. The summed E-state index contributed by atoms with van der Waals surface area (Å²) >= 11 is 1.76. The van der Waals surface area contributed by atoms with E-state index in [9.17, 15) is 0 Å². The van der Waals surface area contributed by atoms with Crippen molar-refractivity contribution in [3.05, 3.63) is 36.7 Å². The number of aromatic nitrogens is 2. The first-order valence-corrected chi connectivity index (χ1v) is 8.03. The highest BCUT2D eigenvalue weighted by Gasteiger charge is 2.19. The number of nitrogens with one attached hydrogen (secondary N) is 1. The Labute approximate surface area is 118 Å². The van der Waals surface area contributed by atoms with Crippen molar-refractivity contribution in [3.8, 4) is 0 Å². The SMILES string of the molecule is CSc1ccc(Nc2nccn2C2CCCC2)cc1. The fraction of sp³-hybridized carbons (Fsp3) is 0.400. The zero-order valence-electron chi connectivity index (χ0n) is 11.2. The van der Waals surface area contributed by atoms with Crippen LogP contribution in [0.3, 0.4) is 0 Å². The van der Waals surface area contributed by atoms with Crippen molar-refractivity contribution in [2.45, 2.75) is 36.6 Å². The Kier molecular flexibility index (Phi) is 3.78. The lowest BCUT2D eigenvalue weighted by Gasteiger charge is -2.15. The van der Waals surface area contributed by atoms with Crippen molar-refractivity contribution in [1.82, 2.24) is 9.55 Å². The van der Waals surface area contributed by atoms with E-state index in [1.54, 1.807) is 11.8 Å². The molecule has 1 N–H and O–H groups in total. The lowest BCUT2D eigenvalue weighted by atomic mass is 10.2. The lowest BCUT2D eigenvalue weighted by molar-refractivity contribution is 0.525. The van der Waals surface area contributed by atoms with Crippen LogP contribution in [-0.4, -0.2) is 15.8 Å². The number of nitrogens with zero attached hydrogens (tertiary/aromatic N) is 2. The van der Waals surface area contributed by atoms with E-state index in [2.05, 4.69) is 51.6 Å². The van der Waals surface area contributed by atoms with E-state index in [-0.39, 0.29) is 0 Å². The molecular weight excluding hydrogens is 254 g/mol. The molecule has 0 bridgehead atoms. The highest BCUT2D eigenvalue weighted by atomic mass is 32.2. The summed E-state index contributed by atoms with van der Waals surface area (Å²) in [6.45, 7) is 0. The number of hydrogen-bond donors (Lipinski definition) is 1. The topological polar surface area (TPSA) is 29.9 Å². The highest BCUT2D eigenvalue weighted by Crippen LogP contribution is 2.32. The summed E-state index contributed by atoms with van der Waals surface area (Å²) in [5, 5.41) is 3.42. The van der Waals surface area contributed by atoms with Crippen molar-refractivity contribution in [2.24, 2.45) is 0 Å². The summed E-state index contributed by atoms with van der Waals surface area (Å²) < 4.78 is 2.29. The fourth-order valence-corrected chi connectivity index (χ4v) is 3.10. The van der Waals surface area contributed by atoms with Gasteiger partial charge in [0.15, 0.2) is 0 Å². The molecule has 1 saturated carbocycles. The first kappa shape index (κ1) is 12.6. The smallest absolute Gasteiger partial charge is 0.207 e. The summed E-state index contributed by atoms with van der Waals surface area (Å²) in [6.07, 6.45) is 11.3. The molecule has 3 rings (SSSR count). The molecule has 1 aromatic heterocycles. The molecule has 2 aromatic rings. The summed E-state index contributed by atoms with van der Waals surface area (Å²) in [4.78, 5) is 5.73. The van der Waals surface area contributed by atoms with E-state index in [0.29, 0.717) is 6.04 Å². The zero-order chi connectivity index (χ0) is 13.1. The Balaban J connectivity index is 1.77. The van der Waals surface area contributed by atoms with Gasteiger partial charge in [-0.2, -0.15) is 0 Å². The molecule has 1 aromatic carbocycles. The zero-order valence-corrected chi connectivity index (χ0v) is 12.0. The first-order valence-electron chi connectivity index (χ1n) is 6.81.